The zero-order chi connectivity index (χ0) is 38.0. The van der Waals surface area contributed by atoms with Gasteiger partial charge in [0.1, 0.15) is 0 Å². The molecule has 0 unspecified atom stereocenters. The summed E-state index contributed by atoms with van der Waals surface area (Å²) in [4.78, 5) is 95.7. The highest BCUT2D eigenvalue weighted by atomic mass is 16.7. The van der Waals surface area contributed by atoms with Crippen molar-refractivity contribution < 1.29 is 62.9 Å². The minimum absolute atomic E-state index is 0.0191. The standard InChI is InChI=1S/C35H56N4O13/c40-22-4-15-35(16-5-23-41,17-6-24-49-26-20-36-19-2-1-9-33(47)51-38-29(43)11-12-30(38)44)18-7-25-50-27-21-37-28(42)8-3-10-34(48)52-39-31(45)13-14-32(39)46/h19,40-41H,1-18,20-27H2,(H,37,42). The smallest absolute Gasteiger partial charge is 0.333 e. The van der Waals surface area contributed by atoms with Crippen LogP contribution >= 0.6 is 0 Å². The first-order valence-electron chi connectivity index (χ1n) is 18.4. The molecule has 294 valence electrons. The van der Waals surface area contributed by atoms with Crippen LogP contribution in [0, 0.1) is 5.41 Å². The largest absolute Gasteiger partial charge is 0.396 e. The van der Waals surface area contributed by atoms with E-state index in [1.807, 2.05) is 0 Å². The van der Waals surface area contributed by atoms with Crippen LogP contribution in [0.2, 0.25) is 0 Å². The molecule has 0 aliphatic carbocycles. The van der Waals surface area contributed by atoms with Crippen molar-refractivity contribution in [2.75, 3.05) is 52.7 Å². The average Bonchev–Trinajstić information content (AvgIpc) is 3.61. The lowest BCUT2D eigenvalue weighted by Gasteiger charge is -2.34. The number of unbranched alkanes of at least 4 members (excludes halogenated alkanes) is 1. The molecule has 0 bridgehead atoms. The molecule has 2 heterocycles. The van der Waals surface area contributed by atoms with Crippen molar-refractivity contribution in [1.82, 2.24) is 15.4 Å². The second-order valence-electron chi connectivity index (χ2n) is 12.9. The van der Waals surface area contributed by atoms with Crippen molar-refractivity contribution in [3.8, 4) is 0 Å². The van der Waals surface area contributed by atoms with Crippen LogP contribution in [0.4, 0.5) is 0 Å². The first kappa shape index (κ1) is 44.4. The summed E-state index contributed by atoms with van der Waals surface area (Å²) in [6.07, 6.45) is 9.41. The fraction of sp³-hybridized carbons (Fsp3) is 0.771. The molecule has 0 aromatic rings. The quantitative estimate of drug-likeness (QED) is 0.0544. The Morgan fingerprint density at radius 3 is 1.65 bits per heavy atom. The predicted octanol–water partition coefficient (Wildman–Crippen LogP) is 1.85. The minimum atomic E-state index is -0.741. The summed E-state index contributed by atoms with van der Waals surface area (Å²) >= 11 is 0. The van der Waals surface area contributed by atoms with Gasteiger partial charge in [-0.15, -0.1) is 10.1 Å². The number of carbonyl (C=O) groups is 7. The van der Waals surface area contributed by atoms with Gasteiger partial charge in [0.15, 0.2) is 0 Å². The molecule has 2 aliphatic heterocycles. The molecular formula is C35H56N4O13. The number of aliphatic hydroxyl groups is 2. The number of hydroxylamine groups is 4. The Balaban J connectivity index is 1.56. The maximum atomic E-state index is 12.1. The van der Waals surface area contributed by atoms with Crippen LogP contribution in [0.15, 0.2) is 4.99 Å². The molecule has 0 atom stereocenters. The Bertz CT molecular complexity index is 1160. The monoisotopic (exact) mass is 740 g/mol. The number of imide groups is 2. The van der Waals surface area contributed by atoms with Crippen molar-refractivity contribution in [2.24, 2.45) is 10.4 Å². The molecule has 17 nitrogen and oxygen atoms in total. The summed E-state index contributed by atoms with van der Waals surface area (Å²) in [6.45, 7) is 2.75. The summed E-state index contributed by atoms with van der Waals surface area (Å²) in [6, 6.07) is 0. The predicted molar refractivity (Wildman–Crippen MR) is 184 cm³/mol. The van der Waals surface area contributed by atoms with E-state index in [0.29, 0.717) is 75.3 Å². The van der Waals surface area contributed by atoms with Gasteiger partial charge in [-0.2, -0.15) is 0 Å². The Hall–Kier alpha value is -3.80. The zero-order valence-corrected chi connectivity index (χ0v) is 30.2. The zero-order valence-electron chi connectivity index (χ0n) is 30.2. The van der Waals surface area contributed by atoms with Gasteiger partial charge in [0.05, 0.1) is 19.8 Å². The number of rotatable bonds is 30. The first-order valence-corrected chi connectivity index (χ1v) is 18.4. The summed E-state index contributed by atoms with van der Waals surface area (Å²) in [5, 5.41) is 22.8. The van der Waals surface area contributed by atoms with Gasteiger partial charge in [-0.3, -0.25) is 29.0 Å². The number of ether oxygens (including phenoxy) is 2. The molecule has 2 saturated heterocycles. The number of nitrogens with zero attached hydrogens (tertiary/aromatic N) is 3. The number of carbonyl (C=O) groups excluding carboxylic acids is 7. The normalized spacial score (nSPS) is 15.0. The number of hydrogen-bond acceptors (Lipinski definition) is 14. The highest BCUT2D eigenvalue weighted by Gasteiger charge is 2.34. The number of amides is 5. The van der Waals surface area contributed by atoms with E-state index in [2.05, 4.69) is 10.3 Å². The fourth-order valence-corrected chi connectivity index (χ4v) is 5.95. The highest BCUT2D eigenvalue weighted by molar-refractivity contribution is 6.02. The maximum Gasteiger partial charge on any atom is 0.333 e. The molecular weight excluding hydrogens is 684 g/mol. The molecule has 0 aromatic heterocycles. The van der Waals surface area contributed by atoms with Gasteiger partial charge in [0.2, 0.25) is 5.91 Å². The number of hydrogen-bond donors (Lipinski definition) is 3. The summed E-state index contributed by atoms with van der Waals surface area (Å²) < 4.78 is 11.5. The lowest BCUT2D eigenvalue weighted by Crippen LogP contribution is -2.32. The van der Waals surface area contributed by atoms with Crippen LogP contribution in [0.5, 0.6) is 0 Å². The number of aliphatic hydroxyl groups excluding tert-OH is 2. The fourth-order valence-electron chi connectivity index (χ4n) is 5.95. The van der Waals surface area contributed by atoms with Crippen LogP contribution in [0.3, 0.4) is 0 Å². The van der Waals surface area contributed by atoms with E-state index in [1.165, 1.54) is 0 Å². The van der Waals surface area contributed by atoms with Crippen molar-refractivity contribution in [2.45, 2.75) is 116 Å². The third kappa shape index (κ3) is 18.1. The van der Waals surface area contributed by atoms with E-state index in [9.17, 15) is 43.8 Å². The van der Waals surface area contributed by atoms with Crippen LogP contribution in [0.25, 0.3) is 0 Å². The summed E-state index contributed by atoms with van der Waals surface area (Å²) in [5.74, 6) is -3.72. The molecule has 52 heavy (non-hydrogen) atoms. The van der Waals surface area contributed by atoms with Crippen LogP contribution in [0.1, 0.15) is 116 Å². The topological polar surface area (TPSA) is 228 Å². The van der Waals surface area contributed by atoms with E-state index in [0.717, 1.165) is 38.5 Å². The second-order valence-corrected chi connectivity index (χ2v) is 12.9. The van der Waals surface area contributed by atoms with Gasteiger partial charge < -0.3 is 34.7 Å². The molecule has 0 radical (unpaired) electrons. The molecule has 2 rings (SSSR count). The molecule has 0 aromatic carbocycles. The van der Waals surface area contributed by atoms with Gasteiger partial charge in [0.25, 0.3) is 23.6 Å². The second kappa shape index (κ2) is 26.0. The van der Waals surface area contributed by atoms with Gasteiger partial charge in [-0.1, -0.05) is 0 Å². The van der Waals surface area contributed by atoms with Crippen molar-refractivity contribution in [3.63, 3.8) is 0 Å². The van der Waals surface area contributed by atoms with E-state index in [1.54, 1.807) is 6.21 Å². The molecule has 17 heteroatoms. The third-order valence-corrected chi connectivity index (χ3v) is 8.68. The van der Waals surface area contributed by atoms with E-state index >= 15 is 0 Å². The Morgan fingerprint density at radius 1 is 0.654 bits per heavy atom. The molecule has 5 amide bonds. The van der Waals surface area contributed by atoms with Crippen molar-refractivity contribution in [3.05, 3.63) is 0 Å². The average molecular weight is 741 g/mol. The van der Waals surface area contributed by atoms with E-state index < -0.39 is 35.6 Å². The van der Waals surface area contributed by atoms with Gasteiger partial charge in [0, 0.05) is 77.9 Å². The van der Waals surface area contributed by atoms with Gasteiger partial charge in [-0.05, 0) is 82.3 Å². The molecule has 0 spiro atoms. The Morgan fingerprint density at radius 2 is 1.13 bits per heavy atom. The van der Waals surface area contributed by atoms with Gasteiger partial charge in [-0.25, -0.2) is 9.59 Å². The lowest BCUT2D eigenvalue weighted by molar-refractivity contribution is -0.197. The minimum Gasteiger partial charge on any atom is -0.396 e. The lowest BCUT2D eigenvalue weighted by atomic mass is 9.72. The van der Waals surface area contributed by atoms with Crippen molar-refractivity contribution in [1.29, 1.82) is 0 Å². The first-order chi connectivity index (χ1) is 25.1. The summed E-state index contributed by atoms with van der Waals surface area (Å²) in [7, 11) is 0. The van der Waals surface area contributed by atoms with Crippen LogP contribution in [-0.4, -0.2) is 121 Å². The Kier molecular flexibility index (Phi) is 22.2. The van der Waals surface area contributed by atoms with Crippen molar-refractivity contribution >= 4 is 47.7 Å². The Labute approximate surface area is 304 Å². The third-order valence-electron chi connectivity index (χ3n) is 8.68. The van der Waals surface area contributed by atoms with Crippen LogP contribution in [-0.2, 0) is 52.7 Å². The van der Waals surface area contributed by atoms with E-state index in [-0.39, 0.29) is 75.9 Å². The summed E-state index contributed by atoms with van der Waals surface area (Å²) in [5.41, 5.74) is -0.0719. The maximum absolute atomic E-state index is 12.1. The SMILES string of the molecule is O=C(CCCC(=O)ON1C(=O)CCC1=O)NCCOCCCC(CCCO)(CCCO)CCCOCCN=CCCCC(=O)ON1C(=O)CCC1=O. The molecule has 3 N–H and O–H groups in total. The van der Waals surface area contributed by atoms with Crippen LogP contribution < -0.4 is 5.32 Å². The molecule has 2 fully saturated rings. The van der Waals surface area contributed by atoms with E-state index in [4.69, 9.17) is 19.1 Å². The number of nitrogens with one attached hydrogen (secondary N) is 1. The highest BCUT2D eigenvalue weighted by Crippen LogP contribution is 2.39. The number of aliphatic imine (C=N–C) groups is 1. The molecule has 0 saturated carbocycles. The van der Waals surface area contributed by atoms with Gasteiger partial charge >= 0.3 is 11.9 Å². The molecule has 2 aliphatic rings.